The summed E-state index contributed by atoms with van der Waals surface area (Å²) >= 11 is 0. The Balaban J connectivity index is 1.64. The van der Waals surface area contributed by atoms with Gasteiger partial charge < -0.3 is 14.8 Å². The van der Waals surface area contributed by atoms with Crippen LogP contribution in [0.25, 0.3) is 0 Å². The van der Waals surface area contributed by atoms with Crippen LogP contribution in [0, 0.1) is 17.0 Å². The predicted molar refractivity (Wildman–Crippen MR) is 110 cm³/mol. The number of nitro benzene ring substituents is 1. The van der Waals surface area contributed by atoms with Crippen LogP contribution in [0.5, 0.6) is 11.5 Å². The lowest BCUT2D eigenvalue weighted by atomic mass is 10.1. The number of methoxy groups -OCH3 is 1. The van der Waals surface area contributed by atoms with E-state index < -0.39 is 10.9 Å². The molecule has 1 N–H and O–H groups in total. The minimum atomic E-state index is -0.650. The fraction of sp³-hybridized carbons (Fsp3) is 0.0909. The molecule has 8 nitrogen and oxygen atoms in total. The van der Waals surface area contributed by atoms with Gasteiger partial charge in [-0.05, 0) is 67.6 Å². The van der Waals surface area contributed by atoms with E-state index in [1.165, 1.54) is 42.5 Å². The molecular formula is C22H18N2O6. The number of nitrogens with zero attached hydrogens (tertiary/aromatic N) is 1. The molecule has 0 saturated carbocycles. The first-order chi connectivity index (χ1) is 14.4. The Morgan fingerprint density at radius 2 is 1.50 bits per heavy atom. The second kappa shape index (κ2) is 8.87. The molecule has 0 aromatic heterocycles. The first-order valence-electron chi connectivity index (χ1n) is 8.90. The zero-order valence-corrected chi connectivity index (χ0v) is 16.2. The SMILES string of the molecule is COc1ccc(NC(=O)c2ccc(OC(=O)c3ccc([N+](=O)[O-])c(C)c3)cc2)cc1. The van der Waals surface area contributed by atoms with Crippen LogP contribution in [-0.4, -0.2) is 23.9 Å². The van der Waals surface area contributed by atoms with Crippen molar-refractivity contribution in [2.75, 3.05) is 12.4 Å². The van der Waals surface area contributed by atoms with Crippen LogP contribution in [0.3, 0.4) is 0 Å². The van der Waals surface area contributed by atoms with Crippen molar-refractivity contribution in [3.63, 3.8) is 0 Å². The number of anilines is 1. The maximum Gasteiger partial charge on any atom is 0.343 e. The zero-order valence-electron chi connectivity index (χ0n) is 16.2. The molecule has 8 heteroatoms. The van der Waals surface area contributed by atoms with Crippen molar-refractivity contribution in [2.24, 2.45) is 0 Å². The number of aryl methyl sites for hydroxylation is 1. The highest BCUT2D eigenvalue weighted by atomic mass is 16.6. The number of hydrogen-bond acceptors (Lipinski definition) is 6. The van der Waals surface area contributed by atoms with Crippen LogP contribution in [0.4, 0.5) is 11.4 Å². The van der Waals surface area contributed by atoms with E-state index >= 15 is 0 Å². The highest BCUT2D eigenvalue weighted by Gasteiger charge is 2.15. The lowest BCUT2D eigenvalue weighted by Crippen LogP contribution is -2.12. The summed E-state index contributed by atoms with van der Waals surface area (Å²) in [7, 11) is 1.56. The number of nitro groups is 1. The van der Waals surface area contributed by atoms with Gasteiger partial charge in [0, 0.05) is 22.9 Å². The molecule has 0 unspecified atom stereocenters. The Morgan fingerprint density at radius 3 is 2.07 bits per heavy atom. The standard InChI is InChI=1S/C22H18N2O6/c1-14-13-16(5-12-20(14)24(27)28)22(26)30-19-8-3-15(4-9-19)21(25)23-17-6-10-18(29-2)11-7-17/h3-13H,1-2H3,(H,23,25). The van der Waals surface area contributed by atoms with Gasteiger partial charge in [-0.3, -0.25) is 14.9 Å². The second-order valence-electron chi connectivity index (χ2n) is 6.35. The molecule has 30 heavy (non-hydrogen) atoms. The van der Waals surface area contributed by atoms with Gasteiger partial charge in [-0.15, -0.1) is 0 Å². The average Bonchev–Trinajstić information content (AvgIpc) is 2.74. The summed E-state index contributed by atoms with van der Waals surface area (Å²) in [5.74, 6) is -0.0353. The molecule has 0 bridgehead atoms. The van der Waals surface area contributed by atoms with E-state index in [1.54, 1.807) is 38.3 Å². The molecule has 3 aromatic rings. The van der Waals surface area contributed by atoms with Gasteiger partial charge in [-0.2, -0.15) is 0 Å². The molecule has 0 radical (unpaired) electrons. The van der Waals surface area contributed by atoms with Crippen LogP contribution >= 0.6 is 0 Å². The minimum Gasteiger partial charge on any atom is -0.497 e. The van der Waals surface area contributed by atoms with Gasteiger partial charge in [0.15, 0.2) is 0 Å². The van der Waals surface area contributed by atoms with Crippen LogP contribution in [0.2, 0.25) is 0 Å². The molecule has 0 spiro atoms. The molecule has 1 amide bonds. The van der Waals surface area contributed by atoms with E-state index in [1.807, 2.05) is 0 Å². The van der Waals surface area contributed by atoms with Crippen LogP contribution in [0.1, 0.15) is 26.3 Å². The third-order valence-electron chi connectivity index (χ3n) is 4.30. The van der Waals surface area contributed by atoms with Gasteiger partial charge in [-0.25, -0.2) is 4.79 Å². The van der Waals surface area contributed by atoms with Crippen LogP contribution < -0.4 is 14.8 Å². The number of benzene rings is 3. The maximum atomic E-state index is 12.3. The molecular weight excluding hydrogens is 388 g/mol. The summed E-state index contributed by atoms with van der Waals surface area (Å²) < 4.78 is 10.4. The molecule has 3 rings (SSSR count). The lowest BCUT2D eigenvalue weighted by Gasteiger charge is -2.08. The zero-order chi connectivity index (χ0) is 21.7. The molecule has 0 aliphatic heterocycles. The highest BCUT2D eigenvalue weighted by molar-refractivity contribution is 6.04. The van der Waals surface area contributed by atoms with Gasteiger partial charge in [0.1, 0.15) is 11.5 Å². The van der Waals surface area contributed by atoms with Crippen molar-refractivity contribution < 1.29 is 24.0 Å². The van der Waals surface area contributed by atoms with Gasteiger partial charge in [-0.1, -0.05) is 0 Å². The number of hydrogen-bond donors (Lipinski definition) is 1. The fourth-order valence-corrected chi connectivity index (χ4v) is 2.71. The van der Waals surface area contributed by atoms with E-state index in [0.29, 0.717) is 22.6 Å². The summed E-state index contributed by atoms with van der Waals surface area (Å²) in [6.45, 7) is 1.55. The van der Waals surface area contributed by atoms with E-state index in [4.69, 9.17) is 9.47 Å². The van der Waals surface area contributed by atoms with Crippen molar-refractivity contribution in [2.45, 2.75) is 6.92 Å². The number of rotatable bonds is 6. The van der Waals surface area contributed by atoms with Crippen molar-refractivity contribution in [1.29, 1.82) is 0 Å². The minimum absolute atomic E-state index is 0.0706. The smallest absolute Gasteiger partial charge is 0.343 e. The van der Waals surface area contributed by atoms with Crippen molar-refractivity contribution in [3.8, 4) is 11.5 Å². The average molecular weight is 406 g/mol. The molecule has 0 heterocycles. The Hall–Kier alpha value is -4.20. The Kier molecular flexibility index (Phi) is 6.07. The summed E-state index contributed by atoms with van der Waals surface area (Å²) in [4.78, 5) is 35.0. The monoisotopic (exact) mass is 406 g/mol. The first-order valence-corrected chi connectivity index (χ1v) is 8.90. The molecule has 0 aliphatic rings. The second-order valence-corrected chi connectivity index (χ2v) is 6.35. The number of carbonyl (C=O) groups is 2. The van der Waals surface area contributed by atoms with Gasteiger partial charge in [0.2, 0.25) is 0 Å². The summed E-state index contributed by atoms with van der Waals surface area (Å²) in [5, 5.41) is 13.6. The van der Waals surface area contributed by atoms with Gasteiger partial charge in [0.05, 0.1) is 17.6 Å². The number of carbonyl (C=O) groups excluding carboxylic acids is 2. The number of ether oxygens (including phenoxy) is 2. The van der Waals surface area contributed by atoms with E-state index in [2.05, 4.69) is 5.32 Å². The molecule has 3 aromatic carbocycles. The number of nitrogens with one attached hydrogen (secondary N) is 1. The third kappa shape index (κ3) is 4.79. The summed E-state index contributed by atoms with van der Waals surface area (Å²) in [6, 6.07) is 17.0. The van der Waals surface area contributed by atoms with Crippen molar-refractivity contribution >= 4 is 23.3 Å². The van der Waals surface area contributed by atoms with Crippen molar-refractivity contribution in [1.82, 2.24) is 0 Å². The Labute approximate surface area is 172 Å². The molecule has 0 atom stereocenters. The number of esters is 1. The highest BCUT2D eigenvalue weighted by Crippen LogP contribution is 2.21. The van der Waals surface area contributed by atoms with E-state index in [-0.39, 0.29) is 22.9 Å². The van der Waals surface area contributed by atoms with Crippen LogP contribution in [0.15, 0.2) is 66.7 Å². The van der Waals surface area contributed by atoms with E-state index in [0.717, 1.165) is 0 Å². The van der Waals surface area contributed by atoms with Gasteiger partial charge in [0.25, 0.3) is 11.6 Å². The Bertz CT molecular complexity index is 1090. The normalized spacial score (nSPS) is 10.2. The third-order valence-corrected chi connectivity index (χ3v) is 4.30. The molecule has 0 fully saturated rings. The summed E-state index contributed by atoms with van der Waals surface area (Å²) in [5.41, 5.74) is 1.49. The maximum absolute atomic E-state index is 12.3. The largest absolute Gasteiger partial charge is 0.497 e. The quantitative estimate of drug-likeness (QED) is 0.282. The molecule has 152 valence electrons. The Morgan fingerprint density at radius 1 is 0.900 bits per heavy atom. The van der Waals surface area contributed by atoms with E-state index in [9.17, 15) is 19.7 Å². The van der Waals surface area contributed by atoms with Gasteiger partial charge >= 0.3 is 5.97 Å². The fourth-order valence-electron chi connectivity index (χ4n) is 2.71. The topological polar surface area (TPSA) is 108 Å². The summed E-state index contributed by atoms with van der Waals surface area (Å²) in [6.07, 6.45) is 0. The molecule has 0 aliphatic carbocycles. The number of amides is 1. The van der Waals surface area contributed by atoms with Crippen LogP contribution in [-0.2, 0) is 0 Å². The van der Waals surface area contributed by atoms with Crippen molar-refractivity contribution in [3.05, 3.63) is 93.5 Å². The predicted octanol–water partition coefficient (Wildman–Crippen LogP) is 4.38. The first kappa shape index (κ1) is 20.5. The molecule has 0 saturated heterocycles. The lowest BCUT2D eigenvalue weighted by molar-refractivity contribution is -0.385.